The summed E-state index contributed by atoms with van der Waals surface area (Å²) in [7, 11) is 1.51. The predicted octanol–water partition coefficient (Wildman–Crippen LogP) is 1.16. The van der Waals surface area contributed by atoms with E-state index in [1.54, 1.807) is 18.2 Å². The van der Waals surface area contributed by atoms with Crippen molar-refractivity contribution in [1.29, 1.82) is 0 Å². The van der Waals surface area contributed by atoms with Gasteiger partial charge in [-0.2, -0.15) is 4.98 Å². The molecule has 0 spiro atoms. The summed E-state index contributed by atoms with van der Waals surface area (Å²) in [6, 6.07) is 5.91. The van der Waals surface area contributed by atoms with Crippen LogP contribution in [0.5, 0.6) is 5.75 Å². The van der Waals surface area contributed by atoms with Crippen LogP contribution in [0.3, 0.4) is 0 Å². The molecule has 0 bridgehead atoms. The van der Waals surface area contributed by atoms with Gasteiger partial charge < -0.3 is 25.1 Å². The highest BCUT2D eigenvalue weighted by molar-refractivity contribution is 6.34. The molecule has 2 aromatic heterocycles. The van der Waals surface area contributed by atoms with Gasteiger partial charge in [-0.1, -0.05) is 17.7 Å². The number of benzene rings is 1. The number of hydrogen-bond donors (Lipinski definition) is 3. The summed E-state index contributed by atoms with van der Waals surface area (Å²) in [6.07, 6.45) is 0. The Morgan fingerprint density at radius 3 is 2.81 bits per heavy atom. The number of furan rings is 1. The van der Waals surface area contributed by atoms with Gasteiger partial charge in [-0.25, -0.2) is 9.78 Å². The van der Waals surface area contributed by atoms with Gasteiger partial charge in [-0.3, -0.25) is 14.9 Å². The molecule has 31 heavy (non-hydrogen) atoms. The van der Waals surface area contributed by atoms with E-state index >= 15 is 0 Å². The fraction of sp³-hybridized carbons (Fsp3) is 0.211. The van der Waals surface area contributed by atoms with Crippen LogP contribution in [0.1, 0.15) is 21.7 Å². The van der Waals surface area contributed by atoms with E-state index in [9.17, 15) is 14.4 Å². The Kier molecular flexibility index (Phi) is 4.05. The third-order valence-corrected chi connectivity index (χ3v) is 5.64. The smallest absolute Gasteiger partial charge is 0.322 e. The highest BCUT2D eigenvalue weighted by Gasteiger charge is 2.53. The number of urea groups is 1. The first-order valence-corrected chi connectivity index (χ1v) is 9.51. The highest BCUT2D eigenvalue weighted by atomic mass is 35.5. The highest BCUT2D eigenvalue weighted by Crippen LogP contribution is 2.36. The first-order valence-electron chi connectivity index (χ1n) is 9.13. The number of amides is 4. The molecule has 4 heterocycles. The van der Waals surface area contributed by atoms with Gasteiger partial charge >= 0.3 is 6.03 Å². The number of anilines is 1. The van der Waals surface area contributed by atoms with Crippen LogP contribution in [0.15, 0.2) is 28.7 Å². The van der Waals surface area contributed by atoms with E-state index < -0.39 is 17.5 Å². The molecule has 0 saturated carbocycles. The summed E-state index contributed by atoms with van der Waals surface area (Å²) in [4.78, 5) is 47.3. The summed E-state index contributed by atoms with van der Waals surface area (Å²) < 4.78 is 10.9. The van der Waals surface area contributed by atoms with Crippen molar-refractivity contribution in [2.45, 2.75) is 12.1 Å². The Hall–Kier alpha value is -3.86. The second-order valence-corrected chi connectivity index (χ2v) is 7.56. The molecule has 1 aromatic carbocycles. The summed E-state index contributed by atoms with van der Waals surface area (Å²) in [5.41, 5.74) is 5.23. The summed E-state index contributed by atoms with van der Waals surface area (Å²) in [6.45, 7) is 0.0670. The lowest BCUT2D eigenvalue weighted by Crippen LogP contribution is -2.52. The van der Waals surface area contributed by atoms with Gasteiger partial charge in [0.1, 0.15) is 16.7 Å². The van der Waals surface area contributed by atoms with E-state index in [1.165, 1.54) is 18.1 Å². The molecule has 12 heteroatoms. The van der Waals surface area contributed by atoms with E-state index in [4.69, 9.17) is 26.5 Å². The molecule has 5 rings (SSSR count). The summed E-state index contributed by atoms with van der Waals surface area (Å²) in [5, 5.41) is 5.15. The number of methoxy groups -OCH3 is 1. The van der Waals surface area contributed by atoms with E-state index in [-0.39, 0.29) is 41.6 Å². The minimum Gasteiger partial charge on any atom is -0.497 e. The van der Waals surface area contributed by atoms with Gasteiger partial charge in [0.2, 0.25) is 11.7 Å². The molecular formula is C19H15ClN6O5. The number of nitrogens with one attached hydrogen (secondary N) is 2. The Balaban J connectivity index is 1.57. The van der Waals surface area contributed by atoms with E-state index in [1.807, 2.05) is 0 Å². The lowest BCUT2D eigenvalue weighted by atomic mass is 9.95. The van der Waals surface area contributed by atoms with Gasteiger partial charge in [0.05, 0.1) is 19.0 Å². The number of ether oxygens (including phenoxy) is 1. The molecule has 1 saturated heterocycles. The normalized spacial score (nSPS) is 20.2. The van der Waals surface area contributed by atoms with Crippen LogP contribution in [-0.2, 0) is 16.9 Å². The molecule has 0 aliphatic carbocycles. The van der Waals surface area contributed by atoms with Crippen LogP contribution in [-0.4, -0.2) is 46.4 Å². The Bertz CT molecular complexity index is 1290. The number of fused-ring (bicyclic) bond motifs is 2. The van der Waals surface area contributed by atoms with Gasteiger partial charge in [-0.05, 0) is 23.8 Å². The van der Waals surface area contributed by atoms with Crippen LogP contribution in [0.4, 0.5) is 10.7 Å². The zero-order valence-electron chi connectivity index (χ0n) is 16.1. The maximum absolute atomic E-state index is 13.0. The molecule has 4 N–H and O–H groups in total. The Morgan fingerprint density at radius 2 is 2.10 bits per heavy atom. The number of halogens is 1. The van der Waals surface area contributed by atoms with Crippen molar-refractivity contribution in [2.24, 2.45) is 0 Å². The Morgan fingerprint density at radius 1 is 1.29 bits per heavy atom. The third-order valence-electron chi connectivity index (χ3n) is 5.35. The molecule has 11 nitrogen and oxygen atoms in total. The average molecular weight is 443 g/mol. The van der Waals surface area contributed by atoms with E-state index in [2.05, 4.69) is 20.6 Å². The number of imide groups is 1. The number of nitrogens with zero attached hydrogens (tertiary/aromatic N) is 3. The van der Waals surface area contributed by atoms with Gasteiger partial charge in [-0.15, -0.1) is 0 Å². The maximum Gasteiger partial charge on any atom is 0.322 e. The number of hydrogen-bond acceptors (Lipinski definition) is 8. The number of nitrogens with two attached hydrogens (primary N) is 1. The number of rotatable bonds is 4. The molecule has 2 aliphatic rings. The molecule has 3 aromatic rings. The number of carbonyl (C=O) groups is 3. The summed E-state index contributed by atoms with van der Waals surface area (Å²) in [5.74, 6) is -0.491. The zero-order valence-corrected chi connectivity index (χ0v) is 16.8. The number of carbonyl (C=O) groups excluding carboxylic acids is 3. The fourth-order valence-corrected chi connectivity index (χ4v) is 4.07. The standard InChI is InChI=1S/C19H15ClN6O5/c1-30-9-3-2-8-6-26(15(27)10(8)4-9)7-19(16(28)24-18(29)25-19)12-5-11-13(20)22-17(21)23-14(11)31-12/h2-5H,6-7H2,1H3,(H2,21,22,23)(H2,24,25,28,29)/t19-/m0/s1. The van der Waals surface area contributed by atoms with Gasteiger partial charge in [0, 0.05) is 12.1 Å². The lowest BCUT2D eigenvalue weighted by Gasteiger charge is -2.28. The largest absolute Gasteiger partial charge is 0.497 e. The summed E-state index contributed by atoms with van der Waals surface area (Å²) >= 11 is 6.12. The minimum absolute atomic E-state index is 0.0362. The number of nitrogen functional groups attached to an aromatic ring is 1. The van der Waals surface area contributed by atoms with E-state index in [0.29, 0.717) is 16.7 Å². The second kappa shape index (κ2) is 6.57. The molecule has 1 atom stereocenters. The Labute approximate surface area is 179 Å². The molecule has 0 radical (unpaired) electrons. The van der Waals surface area contributed by atoms with E-state index in [0.717, 1.165) is 5.56 Å². The fourth-order valence-electron chi connectivity index (χ4n) is 3.85. The van der Waals surface area contributed by atoms with Crippen molar-refractivity contribution in [3.63, 3.8) is 0 Å². The van der Waals surface area contributed by atoms with Crippen LogP contribution < -0.4 is 21.1 Å². The molecular weight excluding hydrogens is 428 g/mol. The topological polar surface area (TPSA) is 153 Å². The zero-order chi connectivity index (χ0) is 21.9. The van der Waals surface area contributed by atoms with Crippen molar-refractivity contribution in [3.8, 4) is 5.75 Å². The SMILES string of the molecule is COc1ccc2c(c1)C(=O)N(C[C@@]1(c3cc4c(Cl)nc(N)nc4o3)NC(=O)NC1=O)C2. The molecule has 4 amide bonds. The molecule has 1 fully saturated rings. The minimum atomic E-state index is -1.68. The van der Waals surface area contributed by atoms with Crippen LogP contribution in [0, 0.1) is 0 Å². The van der Waals surface area contributed by atoms with Crippen LogP contribution in [0.2, 0.25) is 5.15 Å². The molecule has 158 valence electrons. The number of aromatic nitrogens is 2. The van der Waals surface area contributed by atoms with Crippen molar-refractivity contribution < 1.29 is 23.5 Å². The van der Waals surface area contributed by atoms with Gasteiger partial charge in [0.25, 0.3) is 11.8 Å². The van der Waals surface area contributed by atoms with Crippen LogP contribution in [0.25, 0.3) is 11.1 Å². The second-order valence-electron chi connectivity index (χ2n) is 7.20. The molecule has 2 aliphatic heterocycles. The van der Waals surface area contributed by atoms with Crippen molar-refractivity contribution in [1.82, 2.24) is 25.5 Å². The van der Waals surface area contributed by atoms with Gasteiger partial charge in [0.15, 0.2) is 5.54 Å². The van der Waals surface area contributed by atoms with Crippen molar-refractivity contribution in [3.05, 3.63) is 46.3 Å². The molecule has 0 unspecified atom stereocenters. The first-order chi connectivity index (χ1) is 14.8. The van der Waals surface area contributed by atoms with Crippen LogP contribution >= 0.6 is 11.6 Å². The van der Waals surface area contributed by atoms with Crippen molar-refractivity contribution >= 4 is 46.5 Å². The maximum atomic E-state index is 13.0. The average Bonchev–Trinajstić information content (AvgIpc) is 3.37. The first kappa shape index (κ1) is 19.1. The third kappa shape index (κ3) is 2.85. The predicted molar refractivity (Wildman–Crippen MR) is 107 cm³/mol. The lowest BCUT2D eigenvalue weighted by molar-refractivity contribution is -0.125. The quantitative estimate of drug-likeness (QED) is 0.402. The monoisotopic (exact) mass is 442 g/mol. The van der Waals surface area contributed by atoms with Crippen molar-refractivity contribution in [2.75, 3.05) is 19.4 Å².